The number of pyridine rings is 1. The summed E-state index contributed by atoms with van der Waals surface area (Å²) in [4.78, 5) is 37.9. The maximum Gasteiger partial charge on any atom is 0.257 e. The largest absolute Gasteiger partial charge is 0.503 e. The van der Waals surface area contributed by atoms with E-state index in [2.05, 4.69) is 5.32 Å². The van der Waals surface area contributed by atoms with Crippen LogP contribution < -0.4 is 10.7 Å². The zero-order valence-electron chi connectivity index (χ0n) is 17.6. The molecule has 2 aromatic rings. The van der Waals surface area contributed by atoms with Gasteiger partial charge in [0.1, 0.15) is 28.7 Å². The van der Waals surface area contributed by atoms with Crippen molar-refractivity contribution in [1.82, 2.24) is 14.8 Å². The number of benzene rings is 1. The number of nitrogens with zero attached hydrogens (tertiary/aromatic N) is 2. The first kappa shape index (κ1) is 25.1. The highest BCUT2D eigenvalue weighted by Gasteiger charge is 2.21. The molecule has 0 saturated heterocycles. The molecule has 1 atom stereocenters. The molecule has 0 unspecified atom stereocenters. The van der Waals surface area contributed by atoms with Crippen molar-refractivity contribution in [2.45, 2.75) is 32.5 Å². The summed E-state index contributed by atoms with van der Waals surface area (Å²) in [5.41, 5.74) is -2.63. The highest BCUT2D eigenvalue weighted by atomic mass is 19.1. The van der Waals surface area contributed by atoms with Crippen LogP contribution in [0.15, 0.2) is 23.1 Å². The van der Waals surface area contributed by atoms with Gasteiger partial charge in [0.25, 0.3) is 5.91 Å². The Morgan fingerprint density at radius 2 is 1.91 bits per heavy atom. The van der Waals surface area contributed by atoms with Gasteiger partial charge < -0.3 is 25.0 Å². The van der Waals surface area contributed by atoms with Crippen molar-refractivity contribution in [3.05, 3.63) is 62.8 Å². The van der Waals surface area contributed by atoms with Gasteiger partial charge in [0.15, 0.2) is 12.0 Å². The van der Waals surface area contributed by atoms with E-state index in [4.69, 9.17) is 0 Å². The van der Waals surface area contributed by atoms with Gasteiger partial charge in [-0.3, -0.25) is 14.4 Å². The Morgan fingerprint density at radius 1 is 1.28 bits per heavy atom. The lowest BCUT2D eigenvalue weighted by Crippen LogP contribution is -2.33. The Morgan fingerprint density at radius 3 is 2.47 bits per heavy atom. The molecule has 8 nitrogen and oxygen atoms in total. The van der Waals surface area contributed by atoms with Gasteiger partial charge in [-0.05, 0) is 13.5 Å². The van der Waals surface area contributed by atoms with E-state index < -0.39 is 58.3 Å². The van der Waals surface area contributed by atoms with Crippen molar-refractivity contribution in [3.63, 3.8) is 0 Å². The monoisotopic (exact) mass is 455 g/mol. The van der Waals surface area contributed by atoms with Crippen molar-refractivity contribution in [3.8, 4) is 5.75 Å². The first-order chi connectivity index (χ1) is 15.1. The van der Waals surface area contributed by atoms with Gasteiger partial charge in [-0.1, -0.05) is 6.92 Å². The molecular formula is C21H24F3N3O5. The summed E-state index contributed by atoms with van der Waals surface area (Å²) >= 11 is 0. The van der Waals surface area contributed by atoms with Crippen LogP contribution in [0.25, 0.3) is 0 Å². The number of hydrogen-bond donors (Lipinski definition) is 3. The lowest BCUT2D eigenvalue weighted by Gasteiger charge is -2.21. The maximum atomic E-state index is 13.8. The Kier molecular flexibility index (Phi) is 8.56. The summed E-state index contributed by atoms with van der Waals surface area (Å²) in [5, 5.41) is 22.0. The summed E-state index contributed by atoms with van der Waals surface area (Å²) in [5.74, 6) is -5.53. The minimum absolute atomic E-state index is 0.0936. The molecule has 174 valence electrons. The normalized spacial score (nSPS) is 12.1. The average Bonchev–Trinajstić information content (AvgIpc) is 2.73. The first-order valence-corrected chi connectivity index (χ1v) is 9.78. The fourth-order valence-electron chi connectivity index (χ4n) is 3.00. The second kappa shape index (κ2) is 10.9. The van der Waals surface area contributed by atoms with Crippen molar-refractivity contribution in [2.24, 2.45) is 0 Å². The van der Waals surface area contributed by atoms with Crippen molar-refractivity contribution < 1.29 is 33.0 Å². The maximum absolute atomic E-state index is 13.8. The first-order valence-electron chi connectivity index (χ1n) is 9.78. The number of aliphatic hydroxyl groups is 1. The molecule has 0 fully saturated rings. The summed E-state index contributed by atoms with van der Waals surface area (Å²) < 4.78 is 41.7. The molecule has 1 heterocycles. The van der Waals surface area contributed by atoms with Gasteiger partial charge in [-0.25, -0.2) is 13.2 Å². The van der Waals surface area contributed by atoms with Crippen LogP contribution in [-0.2, 0) is 13.1 Å². The zero-order valence-corrected chi connectivity index (χ0v) is 17.6. The third-order valence-electron chi connectivity index (χ3n) is 4.90. The zero-order chi connectivity index (χ0) is 24.0. The van der Waals surface area contributed by atoms with Crippen LogP contribution in [0.3, 0.4) is 0 Å². The SMILES string of the molecule is CC[C@H](O)CN(C)CCn1cc(C(=O)NCc2c(F)cc(F)cc2F)c(=O)c(O)c1C=O. The smallest absolute Gasteiger partial charge is 0.257 e. The van der Waals surface area contributed by atoms with Gasteiger partial charge in [0.2, 0.25) is 5.43 Å². The topological polar surface area (TPSA) is 112 Å². The number of rotatable bonds is 10. The Bertz CT molecular complexity index is 1030. The fourth-order valence-corrected chi connectivity index (χ4v) is 3.00. The number of carbonyl (C=O) groups is 2. The van der Waals surface area contributed by atoms with Crippen LogP contribution in [0.5, 0.6) is 5.75 Å². The number of hydrogen-bond acceptors (Lipinski definition) is 6. The van der Waals surface area contributed by atoms with E-state index >= 15 is 0 Å². The number of nitrogens with one attached hydrogen (secondary N) is 1. The van der Waals surface area contributed by atoms with E-state index in [1.54, 1.807) is 11.9 Å². The second-order valence-electron chi connectivity index (χ2n) is 7.27. The molecule has 0 aliphatic heterocycles. The van der Waals surface area contributed by atoms with Gasteiger partial charge in [0.05, 0.1) is 6.10 Å². The van der Waals surface area contributed by atoms with Crippen LogP contribution in [0.2, 0.25) is 0 Å². The molecule has 3 N–H and O–H groups in total. The van der Waals surface area contributed by atoms with Gasteiger partial charge in [0, 0.05) is 50.1 Å². The number of carbonyl (C=O) groups excluding carboxylic acids is 2. The average molecular weight is 455 g/mol. The Labute approximate surface area is 181 Å². The minimum Gasteiger partial charge on any atom is -0.503 e. The Hall–Kier alpha value is -3.18. The Balaban J connectivity index is 2.25. The van der Waals surface area contributed by atoms with E-state index in [0.717, 1.165) is 6.20 Å². The van der Waals surface area contributed by atoms with E-state index in [9.17, 15) is 37.8 Å². The highest BCUT2D eigenvalue weighted by Crippen LogP contribution is 2.15. The standard InChI is InChI=1S/C21H24F3N3O5/c1-3-13(29)9-26(2)4-5-27-10-15(19(30)20(31)18(27)11-28)21(32)25-8-14-16(23)6-12(22)7-17(14)24/h6-7,10-11,13,29,31H,3-5,8-9H2,1-2H3,(H,25,32)/t13-/m0/s1. The lowest BCUT2D eigenvalue weighted by molar-refractivity contribution is 0.0946. The molecule has 0 spiro atoms. The summed E-state index contributed by atoms with van der Waals surface area (Å²) in [6.45, 7) is 1.90. The third kappa shape index (κ3) is 5.95. The van der Waals surface area contributed by atoms with Crippen LogP contribution in [0.1, 0.15) is 39.8 Å². The molecule has 1 amide bonds. The molecule has 11 heteroatoms. The molecule has 0 aliphatic rings. The summed E-state index contributed by atoms with van der Waals surface area (Å²) in [6.07, 6.45) is 1.31. The number of likely N-dealkylation sites (N-methyl/N-ethyl adjacent to an activating group) is 1. The number of amides is 1. The quantitative estimate of drug-likeness (QED) is 0.467. The van der Waals surface area contributed by atoms with Crippen molar-refractivity contribution in [2.75, 3.05) is 20.1 Å². The molecule has 0 aliphatic carbocycles. The molecule has 1 aromatic carbocycles. The van der Waals surface area contributed by atoms with Crippen molar-refractivity contribution in [1.29, 1.82) is 0 Å². The fraction of sp³-hybridized carbons (Fsp3) is 0.381. The number of aldehydes is 1. The van der Waals surface area contributed by atoms with E-state index in [1.165, 1.54) is 4.57 Å². The third-order valence-corrected chi connectivity index (χ3v) is 4.90. The molecule has 2 rings (SSSR count). The van der Waals surface area contributed by atoms with Gasteiger partial charge in [-0.15, -0.1) is 0 Å². The lowest BCUT2D eigenvalue weighted by atomic mass is 10.1. The van der Waals surface area contributed by atoms with Crippen LogP contribution in [0, 0.1) is 17.5 Å². The van der Waals surface area contributed by atoms with Crippen molar-refractivity contribution >= 4 is 12.2 Å². The summed E-state index contributed by atoms with van der Waals surface area (Å²) in [7, 11) is 1.72. The van der Waals surface area contributed by atoms with E-state index in [-0.39, 0.29) is 18.5 Å². The van der Waals surface area contributed by atoms with E-state index in [0.29, 0.717) is 31.6 Å². The predicted molar refractivity (Wildman–Crippen MR) is 109 cm³/mol. The highest BCUT2D eigenvalue weighted by molar-refractivity contribution is 5.95. The molecule has 0 bridgehead atoms. The van der Waals surface area contributed by atoms with Crippen LogP contribution >= 0.6 is 0 Å². The molecule has 32 heavy (non-hydrogen) atoms. The molecule has 0 radical (unpaired) electrons. The van der Waals surface area contributed by atoms with Gasteiger partial charge >= 0.3 is 0 Å². The van der Waals surface area contributed by atoms with Gasteiger partial charge in [-0.2, -0.15) is 0 Å². The molecular weight excluding hydrogens is 431 g/mol. The molecule has 0 saturated carbocycles. The van der Waals surface area contributed by atoms with E-state index in [1.807, 2.05) is 6.92 Å². The number of halogens is 3. The minimum atomic E-state index is -1.21. The molecule has 1 aromatic heterocycles. The number of aromatic nitrogens is 1. The number of aliphatic hydroxyl groups excluding tert-OH is 1. The predicted octanol–water partition coefficient (Wildman–Crippen LogP) is 1.42. The second-order valence-corrected chi connectivity index (χ2v) is 7.27. The summed E-state index contributed by atoms with van der Waals surface area (Å²) in [6, 6.07) is 0.905. The number of aromatic hydroxyl groups is 1. The van der Waals surface area contributed by atoms with Crippen LogP contribution in [0.4, 0.5) is 13.2 Å². The van der Waals surface area contributed by atoms with Crippen LogP contribution in [-0.4, -0.2) is 58.1 Å².